The number of methoxy groups -OCH3 is 4. The highest BCUT2D eigenvalue weighted by atomic mass is 16.5. The number of allylic oxidation sites excluding steroid dienone is 2. The van der Waals surface area contributed by atoms with Gasteiger partial charge in [-0.1, -0.05) is 24.3 Å². The maximum absolute atomic E-state index is 11.2. The average Bonchev–Trinajstić information content (AvgIpc) is 2.72. The molecular weight excluding hydrogens is 372 g/mol. The van der Waals surface area contributed by atoms with E-state index in [2.05, 4.69) is 0 Å². The molecule has 2 aromatic carbocycles. The number of phenolic OH excluding ortho intramolecular Hbond substituents is 1. The summed E-state index contributed by atoms with van der Waals surface area (Å²) in [5.74, 6) is 1.99. The van der Waals surface area contributed by atoms with Crippen molar-refractivity contribution in [3.63, 3.8) is 0 Å². The van der Waals surface area contributed by atoms with Gasteiger partial charge in [0.2, 0.25) is 5.75 Å². The van der Waals surface area contributed by atoms with Crippen molar-refractivity contribution in [2.45, 2.75) is 13.3 Å². The summed E-state index contributed by atoms with van der Waals surface area (Å²) >= 11 is 0. The third kappa shape index (κ3) is 5.31. The third-order valence-electron chi connectivity index (χ3n) is 4.32. The lowest BCUT2D eigenvalue weighted by Crippen LogP contribution is -1.95. The molecule has 0 unspecified atom stereocenters. The maximum Gasteiger partial charge on any atom is 0.203 e. The number of phenols is 1. The molecule has 0 radical (unpaired) electrons. The summed E-state index contributed by atoms with van der Waals surface area (Å²) in [6.45, 7) is 1.48. The fraction of sp³-hybridized carbons (Fsp3) is 0.261. The second-order valence-electron chi connectivity index (χ2n) is 6.19. The Morgan fingerprint density at radius 1 is 0.931 bits per heavy atom. The summed E-state index contributed by atoms with van der Waals surface area (Å²) in [5.41, 5.74) is 2.29. The molecule has 0 fully saturated rings. The molecule has 0 heterocycles. The van der Waals surface area contributed by atoms with Crippen LogP contribution in [0, 0.1) is 0 Å². The van der Waals surface area contributed by atoms with Crippen LogP contribution < -0.4 is 18.9 Å². The molecular formula is C23H26O6. The van der Waals surface area contributed by atoms with Crippen LogP contribution in [0.5, 0.6) is 28.7 Å². The first kappa shape index (κ1) is 21.9. The number of hydrogen-bond acceptors (Lipinski definition) is 6. The normalized spacial score (nSPS) is 11.1. The molecule has 0 aliphatic heterocycles. The van der Waals surface area contributed by atoms with Gasteiger partial charge in [-0.2, -0.15) is 0 Å². The van der Waals surface area contributed by atoms with Crippen molar-refractivity contribution in [1.82, 2.24) is 0 Å². The van der Waals surface area contributed by atoms with Crippen molar-refractivity contribution >= 4 is 17.9 Å². The number of hydrogen-bond donors (Lipinski definition) is 1. The van der Waals surface area contributed by atoms with Gasteiger partial charge in [0.1, 0.15) is 0 Å². The summed E-state index contributed by atoms with van der Waals surface area (Å²) in [5, 5.41) is 10.5. The SMILES string of the molecule is COc1ccc(/C=C\c2cc(OC)c(OC)c(OC)c2)c(C/C=C\C(C)=O)c1O. The van der Waals surface area contributed by atoms with E-state index in [1.807, 2.05) is 30.4 Å². The molecule has 0 aliphatic rings. The summed E-state index contributed by atoms with van der Waals surface area (Å²) < 4.78 is 21.3. The number of rotatable bonds is 9. The van der Waals surface area contributed by atoms with Gasteiger partial charge in [0.25, 0.3) is 0 Å². The Hall–Kier alpha value is -3.41. The number of benzene rings is 2. The number of ketones is 1. The van der Waals surface area contributed by atoms with E-state index < -0.39 is 0 Å². The fourth-order valence-electron chi connectivity index (χ4n) is 2.89. The molecule has 0 saturated carbocycles. The molecule has 0 atom stereocenters. The summed E-state index contributed by atoms with van der Waals surface area (Å²) in [6, 6.07) is 7.21. The molecule has 0 bridgehead atoms. The predicted octanol–water partition coefficient (Wildman–Crippen LogP) is 4.28. The molecule has 2 rings (SSSR count). The molecule has 1 N–H and O–H groups in total. The van der Waals surface area contributed by atoms with Crippen molar-refractivity contribution in [2.75, 3.05) is 28.4 Å². The highest BCUT2D eigenvalue weighted by Crippen LogP contribution is 2.39. The topological polar surface area (TPSA) is 74.2 Å². The van der Waals surface area contributed by atoms with E-state index >= 15 is 0 Å². The average molecular weight is 398 g/mol. The zero-order valence-corrected chi connectivity index (χ0v) is 17.3. The van der Waals surface area contributed by atoms with Crippen LogP contribution in [0.25, 0.3) is 12.2 Å². The van der Waals surface area contributed by atoms with E-state index in [0.29, 0.717) is 35.0 Å². The van der Waals surface area contributed by atoms with E-state index in [-0.39, 0.29) is 11.5 Å². The van der Waals surface area contributed by atoms with Gasteiger partial charge in [-0.3, -0.25) is 4.79 Å². The molecule has 6 heteroatoms. The number of carbonyl (C=O) groups is 1. The van der Waals surface area contributed by atoms with Crippen molar-refractivity contribution < 1.29 is 28.8 Å². The Kier molecular flexibility index (Phi) is 7.71. The Labute approximate surface area is 171 Å². The van der Waals surface area contributed by atoms with Crippen molar-refractivity contribution in [3.05, 3.63) is 53.1 Å². The predicted molar refractivity (Wildman–Crippen MR) is 113 cm³/mol. The highest BCUT2D eigenvalue weighted by molar-refractivity contribution is 5.87. The van der Waals surface area contributed by atoms with Crippen LogP contribution in [0.2, 0.25) is 0 Å². The van der Waals surface area contributed by atoms with Gasteiger partial charge < -0.3 is 24.1 Å². The Morgan fingerprint density at radius 3 is 2.07 bits per heavy atom. The van der Waals surface area contributed by atoms with E-state index in [9.17, 15) is 9.90 Å². The second kappa shape index (κ2) is 10.2. The lowest BCUT2D eigenvalue weighted by atomic mass is 10.0. The number of aromatic hydroxyl groups is 1. The summed E-state index contributed by atoms with van der Waals surface area (Å²) in [6.07, 6.45) is 7.33. The van der Waals surface area contributed by atoms with Gasteiger partial charge in [0.05, 0.1) is 28.4 Å². The van der Waals surface area contributed by atoms with Gasteiger partial charge in [-0.25, -0.2) is 0 Å². The molecule has 0 aliphatic carbocycles. The van der Waals surface area contributed by atoms with Gasteiger partial charge in [-0.05, 0) is 48.7 Å². The highest BCUT2D eigenvalue weighted by Gasteiger charge is 2.13. The standard InChI is InChI=1S/C23H26O6/c1-15(24)7-6-8-18-17(11-12-19(26-2)22(18)25)10-9-16-13-20(27-3)23(29-5)21(14-16)28-4/h6-7,9-14,25H,8H2,1-5H3/b7-6-,10-9-. The van der Waals surface area contributed by atoms with Crippen molar-refractivity contribution in [2.24, 2.45) is 0 Å². The van der Waals surface area contributed by atoms with Gasteiger partial charge >= 0.3 is 0 Å². The van der Waals surface area contributed by atoms with Crippen LogP contribution >= 0.6 is 0 Å². The zero-order chi connectivity index (χ0) is 21.4. The Morgan fingerprint density at radius 2 is 1.55 bits per heavy atom. The molecule has 0 spiro atoms. The van der Waals surface area contributed by atoms with E-state index in [1.54, 1.807) is 33.5 Å². The molecule has 2 aromatic rings. The van der Waals surface area contributed by atoms with Crippen LogP contribution in [-0.4, -0.2) is 39.3 Å². The first-order valence-corrected chi connectivity index (χ1v) is 8.99. The van der Waals surface area contributed by atoms with Crippen molar-refractivity contribution in [3.8, 4) is 28.7 Å². The molecule has 6 nitrogen and oxygen atoms in total. The molecule has 29 heavy (non-hydrogen) atoms. The van der Waals surface area contributed by atoms with Gasteiger partial charge in [0, 0.05) is 5.56 Å². The molecule has 0 aromatic heterocycles. The fourth-order valence-corrected chi connectivity index (χ4v) is 2.89. The first-order valence-electron chi connectivity index (χ1n) is 8.99. The smallest absolute Gasteiger partial charge is 0.203 e. The van der Waals surface area contributed by atoms with E-state index in [4.69, 9.17) is 18.9 Å². The van der Waals surface area contributed by atoms with Gasteiger partial charge in [-0.15, -0.1) is 0 Å². The summed E-state index contributed by atoms with van der Waals surface area (Å²) in [7, 11) is 6.17. The maximum atomic E-state index is 11.2. The molecule has 154 valence electrons. The van der Waals surface area contributed by atoms with Gasteiger partial charge in [0.15, 0.2) is 28.8 Å². The minimum atomic E-state index is -0.0538. The second-order valence-corrected chi connectivity index (χ2v) is 6.19. The quantitative estimate of drug-likeness (QED) is 0.502. The lowest BCUT2D eigenvalue weighted by molar-refractivity contribution is -0.112. The number of carbonyl (C=O) groups excluding carboxylic acids is 1. The largest absolute Gasteiger partial charge is 0.504 e. The molecule has 0 saturated heterocycles. The number of ether oxygens (including phenoxy) is 4. The summed E-state index contributed by atoms with van der Waals surface area (Å²) in [4.78, 5) is 11.2. The van der Waals surface area contributed by atoms with Crippen LogP contribution in [-0.2, 0) is 11.2 Å². The lowest BCUT2D eigenvalue weighted by Gasteiger charge is -2.13. The minimum Gasteiger partial charge on any atom is -0.504 e. The van der Waals surface area contributed by atoms with Crippen LogP contribution in [0.4, 0.5) is 0 Å². The first-order chi connectivity index (χ1) is 13.9. The Balaban J connectivity index is 2.46. The third-order valence-corrected chi connectivity index (χ3v) is 4.32. The van der Waals surface area contributed by atoms with E-state index in [1.165, 1.54) is 20.1 Å². The molecule has 0 amide bonds. The van der Waals surface area contributed by atoms with Crippen molar-refractivity contribution in [1.29, 1.82) is 0 Å². The van der Waals surface area contributed by atoms with Crippen LogP contribution in [0.15, 0.2) is 36.4 Å². The van der Waals surface area contributed by atoms with E-state index in [0.717, 1.165) is 11.1 Å². The van der Waals surface area contributed by atoms with Crippen LogP contribution in [0.3, 0.4) is 0 Å². The van der Waals surface area contributed by atoms with Crippen LogP contribution in [0.1, 0.15) is 23.6 Å². The monoisotopic (exact) mass is 398 g/mol. The Bertz CT molecular complexity index is 902. The zero-order valence-electron chi connectivity index (χ0n) is 17.3. The minimum absolute atomic E-state index is 0.0488.